The van der Waals surface area contributed by atoms with Gasteiger partial charge in [0, 0.05) is 37.9 Å². The van der Waals surface area contributed by atoms with Crippen molar-refractivity contribution in [3.05, 3.63) is 78.1 Å². The number of carbonyl (C=O) groups is 2. The fraction of sp³-hybridized carbons (Fsp3) is 0.346. The van der Waals surface area contributed by atoms with Crippen LogP contribution in [0.3, 0.4) is 0 Å². The maximum atomic E-state index is 13.5. The summed E-state index contributed by atoms with van der Waals surface area (Å²) in [7, 11) is -3.87. The third kappa shape index (κ3) is 5.22. The van der Waals surface area contributed by atoms with Crippen LogP contribution in [-0.4, -0.2) is 70.3 Å². The third-order valence-corrected chi connectivity index (χ3v) is 8.09. The maximum Gasteiger partial charge on any atom is 0.414 e. The highest BCUT2D eigenvalue weighted by atomic mass is 32.2. The lowest BCUT2D eigenvalue weighted by Gasteiger charge is -2.33. The number of rotatable bonds is 5. The normalized spacial score (nSPS) is 18.0. The van der Waals surface area contributed by atoms with Crippen molar-refractivity contribution >= 4 is 27.7 Å². The maximum absolute atomic E-state index is 13.5. The monoisotopic (exact) mass is 539 g/mol. The molecule has 0 bridgehead atoms. The zero-order valence-electron chi connectivity index (χ0n) is 21.3. The van der Waals surface area contributed by atoms with Crippen LogP contribution in [0.1, 0.15) is 36.7 Å². The number of nitrogens with zero attached hydrogens (tertiary/aromatic N) is 4. The second kappa shape index (κ2) is 9.76. The molecule has 2 aromatic heterocycles. The van der Waals surface area contributed by atoms with Crippen LogP contribution in [0.15, 0.2) is 71.8 Å². The Labute approximate surface area is 220 Å². The molecule has 1 N–H and O–H groups in total. The summed E-state index contributed by atoms with van der Waals surface area (Å²) < 4.78 is 41.2. The topological polar surface area (TPSA) is 123 Å². The van der Waals surface area contributed by atoms with E-state index in [-0.39, 0.29) is 37.0 Å². The molecule has 1 saturated heterocycles. The smallest absolute Gasteiger partial charge is 0.414 e. The van der Waals surface area contributed by atoms with E-state index in [1.165, 1.54) is 27.5 Å². The van der Waals surface area contributed by atoms with Gasteiger partial charge in [-0.3, -0.25) is 9.69 Å². The number of imidazole rings is 1. The second-order valence-electron chi connectivity index (χ2n) is 10.1. The van der Waals surface area contributed by atoms with Gasteiger partial charge < -0.3 is 19.2 Å². The number of hydrogen-bond donors (Lipinski definition) is 1. The zero-order chi connectivity index (χ0) is 27.1. The molecule has 1 aromatic carbocycles. The van der Waals surface area contributed by atoms with Crippen molar-refractivity contribution < 1.29 is 27.5 Å². The van der Waals surface area contributed by atoms with Crippen LogP contribution in [0, 0.1) is 0 Å². The first-order chi connectivity index (χ1) is 18.0. The SMILES string of the molecule is CC(C)(C)OC(=O)N1C=C2OCCN(S(=O)(=O)c3ccc(CNC(=O)c4ccc5nccn5c4)cc3)C2C1. The molecule has 38 heavy (non-hydrogen) atoms. The Balaban J connectivity index is 1.24. The van der Waals surface area contributed by atoms with Crippen molar-refractivity contribution in [3.63, 3.8) is 0 Å². The number of amides is 2. The van der Waals surface area contributed by atoms with Crippen molar-refractivity contribution in [2.75, 3.05) is 19.7 Å². The molecule has 1 fully saturated rings. The predicted molar refractivity (Wildman–Crippen MR) is 137 cm³/mol. The number of sulfonamides is 1. The van der Waals surface area contributed by atoms with E-state index in [0.717, 1.165) is 11.2 Å². The Morgan fingerprint density at radius 1 is 1.16 bits per heavy atom. The molecule has 1 unspecified atom stereocenters. The van der Waals surface area contributed by atoms with Gasteiger partial charge in [-0.1, -0.05) is 12.1 Å². The lowest BCUT2D eigenvalue weighted by atomic mass is 10.2. The Morgan fingerprint density at radius 2 is 1.92 bits per heavy atom. The van der Waals surface area contributed by atoms with Gasteiger partial charge in [0.05, 0.1) is 17.0 Å². The number of benzene rings is 1. The quantitative estimate of drug-likeness (QED) is 0.529. The van der Waals surface area contributed by atoms with Gasteiger partial charge in [0.25, 0.3) is 5.91 Å². The van der Waals surface area contributed by atoms with E-state index >= 15 is 0 Å². The molecule has 0 radical (unpaired) electrons. The summed E-state index contributed by atoms with van der Waals surface area (Å²) in [6.07, 6.45) is 6.07. The molecular formula is C26H29N5O6S. The average Bonchev–Trinajstić information content (AvgIpc) is 3.53. The van der Waals surface area contributed by atoms with Crippen LogP contribution in [0.5, 0.6) is 0 Å². The number of nitrogens with one attached hydrogen (secondary N) is 1. The molecule has 3 aromatic rings. The van der Waals surface area contributed by atoms with Crippen LogP contribution in [0.4, 0.5) is 4.79 Å². The molecular weight excluding hydrogens is 510 g/mol. The highest BCUT2D eigenvalue weighted by Gasteiger charge is 2.43. The minimum Gasteiger partial charge on any atom is -0.493 e. The Kier molecular flexibility index (Phi) is 6.61. The first kappa shape index (κ1) is 25.7. The van der Waals surface area contributed by atoms with Gasteiger partial charge in [-0.05, 0) is 50.6 Å². The highest BCUT2D eigenvalue weighted by Crippen LogP contribution is 2.31. The first-order valence-electron chi connectivity index (χ1n) is 12.2. The fourth-order valence-corrected chi connectivity index (χ4v) is 5.90. The molecule has 2 amide bonds. The summed E-state index contributed by atoms with van der Waals surface area (Å²) in [5.41, 5.74) is 1.31. The first-order valence-corrected chi connectivity index (χ1v) is 13.6. The minimum absolute atomic E-state index is 0.110. The zero-order valence-corrected chi connectivity index (χ0v) is 22.1. The fourth-order valence-electron chi connectivity index (χ4n) is 4.33. The third-order valence-electron chi connectivity index (χ3n) is 6.17. The van der Waals surface area contributed by atoms with Crippen LogP contribution >= 0.6 is 0 Å². The summed E-state index contributed by atoms with van der Waals surface area (Å²) in [4.78, 5) is 30.7. The van der Waals surface area contributed by atoms with Gasteiger partial charge in [-0.2, -0.15) is 4.31 Å². The number of morpholine rings is 1. The van der Waals surface area contributed by atoms with Gasteiger partial charge in [-0.15, -0.1) is 0 Å². The molecule has 4 heterocycles. The van der Waals surface area contributed by atoms with Gasteiger partial charge >= 0.3 is 6.09 Å². The number of pyridine rings is 1. The van der Waals surface area contributed by atoms with Gasteiger partial charge in [0.1, 0.15) is 29.7 Å². The number of fused-ring (bicyclic) bond motifs is 2. The molecule has 200 valence electrons. The summed E-state index contributed by atoms with van der Waals surface area (Å²) in [6.45, 7) is 5.99. The molecule has 2 aliphatic heterocycles. The molecule has 5 rings (SSSR count). The van der Waals surface area contributed by atoms with Crippen LogP contribution in [0.25, 0.3) is 5.65 Å². The standard InChI is InChI=1S/C26H29N5O6S/c1-26(2,3)37-25(33)30-16-21-22(17-30)36-13-12-31(21)38(34,35)20-7-4-18(5-8-20)14-28-24(32)19-6-9-23-27-10-11-29(23)15-19/h4-11,15,17,21H,12-14,16H2,1-3H3,(H,28,32). The number of carbonyl (C=O) groups excluding carboxylic acids is 2. The summed E-state index contributed by atoms with van der Waals surface area (Å²) in [5.74, 6) is 0.166. The molecule has 11 nitrogen and oxygen atoms in total. The van der Waals surface area contributed by atoms with E-state index in [0.29, 0.717) is 11.3 Å². The van der Waals surface area contributed by atoms with Gasteiger partial charge in [0.2, 0.25) is 10.0 Å². The van der Waals surface area contributed by atoms with Gasteiger partial charge in [0.15, 0.2) is 0 Å². The lowest BCUT2D eigenvalue weighted by molar-refractivity contribution is 0.0328. The molecule has 0 aliphatic carbocycles. The lowest BCUT2D eigenvalue weighted by Crippen LogP contribution is -2.49. The molecule has 1 atom stereocenters. The van der Waals surface area contributed by atoms with Crippen LogP contribution < -0.4 is 5.32 Å². The van der Waals surface area contributed by atoms with Crippen LogP contribution in [0.2, 0.25) is 0 Å². The minimum atomic E-state index is -3.87. The second-order valence-corrected chi connectivity index (χ2v) is 12.0. The van der Waals surface area contributed by atoms with E-state index < -0.39 is 27.8 Å². The van der Waals surface area contributed by atoms with E-state index in [9.17, 15) is 18.0 Å². The Bertz CT molecular complexity index is 1510. The molecule has 12 heteroatoms. The van der Waals surface area contributed by atoms with Crippen molar-refractivity contribution in [1.82, 2.24) is 23.9 Å². The van der Waals surface area contributed by atoms with E-state index in [1.54, 1.807) is 68.0 Å². The number of hydrogen-bond acceptors (Lipinski definition) is 7. The number of aromatic nitrogens is 2. The summed E-state index contributed by atoms with van der Waals surface area (Å²) in [6, 6.07) is 9.22. The summed E-state index contributed by atoms with van der Waals surface area (Å²) in [5, 5.41) is 2.85. The van der Waals surface area contributed by atoms with Crippen molar-refractivity contribution in [1.29, 1.82) is 0 Å². The largest absolute Gasteiger partial charge is 0.493 e. The molecule has 0 saturated carbocycles. The number of ether oxygens (including phenoxy) is 2. The van der Waals surface area contributed by atoms with E-state index in [4.69, 9.17) is 9.47 Å². The van der Waals surface area contributed by atoms with Crippen LogP contribution in [-0.2, 0) is 26.0 Å². The average molecular weight is 540 g/mol. The van der Waals surface area contributed by atoms with Crippen molar-refractivity contribution in [2.45, 2.75) is 43.9 Å². The van der Waals surface area contributed by atoms with Gasteiger partial charge in [-0.25, -0.2) is 18.2 Å². The molecule has 2 aliphatic rings. The summed E-state index contributed by atoms with van der Waals surface area (Å²) >= 11 is 0. The predicted octanol–water partition coefficient (Wildman–Crippen LogP) is 2.75. The Morgan fingerprint density at radius 3 is 2.66 bits per heavy atom. The van der Waals surface area contributed by atoms with Crippen molar-refractivity contribution in [3.8, 4) is 0 Å². The Hall–Kier alpha value is -3.90. The van der Waals surface area contributed by atoms with E-state index in [1.807, 2.05) is 0 Å². The molecule has 0 spiro atoms. The van der Waals surface area contributed by atoms with Crippen molar-refractivity contribution in [2.24, 2.45) is 0 Å². The highest BCUT2D eigenvalue weighted by molar-refractivity contribution is 7.89. The van der Waals surface area contributed by atoms with E-state index in [2.05, 4.69) is 10.3 Å².